The fourth-order valence-electron chi connectivity index (χ4n) is 4.25. The van der Waals surface area contributed by atoms with Gasteiger partial charge in [0.15, 0.2) is 5.69 Å². The van der Waals surface area contributed by atoms with Crippen LogP contribution in [0.3, 0.4) is 0 Å². The summed E-state index contributed by atoms with van der Waals surface area (Å²) in [7, 11) is 1.55. The molecule has 1 saturated carbocycles. The standard InChI is InChI=1S/C21H23N5O3/c1-11(12-3-4-16-13(7-12)5-6-23-16)26-18(8-17(25-26)20(27)22-2)21(28)24-19-14-9-29-10-15(14)19/h3-8,11,14-15,19,23H,9-10H2,1-2H3,(H,22,27)(H,24,28)/t11?,14-,15+,19+. The minimum Gasteiger partial charge on any atom is -0.381 e. The van der Waals surface area contributed by atoms with Crippen molar-refractivity contribution in [1.29, 1.82) is 0 Å². The highest BCUT2D eigenvalue weighted by Gasteiger charge is 2.55. The highest BCUT2D eigenvalue weighted by Crippen LogP contribution is 2.44. The number of hydrogen-bond acceptors (Lipinski definition) is 4. The topological polar surface area (TPSA) is 101 Å². The van der Waals surface area contributed by atoms with E-state index in [0.29, 0.717) is 30.7 Å². The van der Waals surface area contributed by atoms with Crippen LogP contribution in [-0.2, 0) is 4.74 Å². The van der Waals surface area contributed by atoms with Gasteiger partial charge in [-0.25, -0.2) is 0 Å². The smallest absolute Gasteiger partial charge is 0.271 e. The van der Waals surface area contributed by atoms with Crippen LogP contribution in [0.25, 0.3) is 10.9 Å². The summed E-state index contributed by atoms with van der Waals surface area (Å²) in [6.07, 6.45) is 1.89. The Morgan fingerprint density at radius 2 is 2.00 bits per heavy atom. The summed E-state index contributed by atoms with van der Waals surface area (Å²) in [6, 6.07) is 9.59. The quantitative estimate of drug-likeness (QED) is 0.614. The van der Waals surface area contributed by atoms with Crippen molar-refractivity contribution in [2.24, 2.45) is 11.8 Å². The first-order chi connectivity index (χ1) is 14.1. The summed E-state index contributed by atoms with van der Waals surface area (Å²) < 4.78 is 7.04. The molecule has 3 N–H and O–H groups in total. The van der Waals surface area contributed by atoms with Gasteiger partial charge in [-0.3, -0.25) is 14.3 Å². The summed E-state index contributed by atoms with van der Waals surface area (Å²) in [5, 5.41) is 11.2. The van der Waals surface area contributed by atoms with Crippen LogP contribution in [0.2, 0.25) is 0 Å². The lowest BCUT2D eigenvalue weighted by molar-refractivity contribution is 0.0915. The molecule has 150 valence electrons. The zero-order valence-corrected chi connectivity index (χ0v) is 16.3. The second kappa shape index (κ2) is 6.73. The van der Waals surface area contributed by atoms with Crippen molar-refractivity contribution in [3.05, 3.63) is 53.5 Å². The fourth-order valence-corrected chi connectivity index (χ4v) is 4.25. The number of H-pyrrole nitrogens is 1. The van der Waals surface area contributed by atoms with Crippen molar-refractivity contribution >= 4 is 22.7 Å². The van der Waals surface area contributed by atoms with Crippen molar-refractivity contribution < 1.29 is 14.3 Å². The molecule has 8 nitrogen and oxygen atoms in total. The normalized spacial score (nSPS) is 23.6. The number of hydrogen-bond donors (Lipinski definition) is 3. The molecular weight excluding hydrogens is 370 g/mol. The number of aromatic amines is 1. The summed E-state index contributed by atoms with van der Waals surface area (Å²) in [4.78, 5) is 28.4. The van der Waals surface area contributed by atoms with Gasteiger partial charge in [0.1, 0.15) is 5.69 Å². The number of carbonyl (C=O) groups excluding carboxylic acids is 2. The maximum atomic E-state index is 13.0. The molecular formula is C21H23N5O3. The zero-order chi connectivity index (χ0) is 20.1. The highest BCUT2D eigenvalue weighted by molar-refractivity contribution is 5.98. The van der Waals surface area contributed by atoms with Crippen LogP contribution in [-0.4, -0.2) is 52.9 Å². The molecule has 1 unspecified atom stereocenters. The molecule has 4 atom stereocenters. The lowest BCUT2D eigenvalue weighted by Gasteiger charge is -2.16. The van der Waals surface area contributed by atoms with Crippen LogP contribution < -0.4 is 10.6 Å². The molecule has 5 rings (SSSR count). The molecule has 2 aliphatic rings. The third-order valence-electron chi connectivity index (χ3n) is 6.10. The van der Waals surface area contributed by atoms with E-state index in [0.717, 1.165) is 16.5 Å². The summed E-state index contributed by atoms with van der Waals surface area (Å²) >= 11 is 0. The van der Waals surface area contributed by atoms with Crippen LogP contribution >= 0.6 is 0 Å². The first kappa shape index (κ1) is 17.9. The summed E-state index contributed by atoms with van der Waals surface area (Å²) in [5.41, 5.74) is 2.67. The highest BCUT2D eigenvalue weighted by atomic mass is 16.5. The van der Waals surface area contributed by atoms with Crippen molar-refractivity contribution in [3.8, 4) is 0 Å². The van der Waals surface area contributed by atoms with E-state index in [4.69, 9.17) is 4.74 Å². The van der Waals surface area contributed by atoms with Gasteiger partial charge < -0.3 is 20.4 Å². The molecule has 1 saturated heterocycles. The first-order valence-electron chi connectivity index (χ1n) is 9.84. The number of nitrogens with one attached hydrogen (secondary N) is 3. The van der Waals surface area contributed by atoms with Gasteiger partial charge in [0.25, 0.3) is 11.8 Å². The molecule has 1 aliphatic carbocycles. The minimum atomic E-state index is -0.317. The van der Waals surface area contributed by atoms with E-state index in [2.05, 4.69) is 26.8 Å². The first-order valence-corrected chi connectivity index (χ1v) is 9.84. The maximum absolute atomic E-state index is 13.0. The Hall–Kier alpha value is -3.13. The van der Waals surface area contributed by atoms with E-state index in [1.807, 2.05) is 31.3 Å². The Labute approximate surface area is 167 Å². The monoisotopic (exact) mass is 393 g/mol. The minimum absolute atomic E-state index is 0.148. The number of benzene rings is 1. The van der Waals surface area contributed by atoms with Gasteiger partial charge in [-0.1, -0.05) is 6.07 Å². The van der Waals surface area contributed by atoms with E-state index in [1.54, 1.807) is 17.8 Å². The molecule has 0 spiro atoms. The zero-order valence-electron chi connectivity index (χ0n) is 16.3. The number of rotatable bonds is 5. The van der Waals surface area contributed by atoms with E-state index >= 15 is 0 Å². The number of ether oxygens (including phenoxy) is 1. The van der Waals surface area contributed by atoms with Gasteiger partial charge in [-0.15, -0.1) is 0 Å². The van der Waals surface area contributed by atoms with Crippen LogP contribution in [0.1, 0.15) is 39.5 Å². The van der Waals surface area contributed by atoms with Gasteiger partial charge >= 0.3 is 0 Å². The molecule has 1 aliphatic heterocycles. The summed E-state index contributed by atoms with van der Waals surface area (Å²) in [6.45, 7) is 3.38. The number of aromatic nitrogens is 3. The molecule has 1 aromatic carbocycles. The predicted molar refractivity (Wildman–Crippen MR) is 107 cm³/mol. The van der Waals surface area contributed by atoms with Crippen molar-refractivity contribution in [3.63, 3.8) is 0 Å². The number of nitrogens with zero attached hydrogens (tertiary/aromatic N) is 2. The molecule has 2 amide bonds. The Bertz CT molecular complexity index is 1090. The Morgan fingerprint density at radius 3 is 2.76 bits per heavy atom. The Morgan fingerprint density at radius 1 is 1.21 bits per heavy atom. The second-order valence-corrected chi connectivity index (χ2v) is 7.80. The van der Waals surface area contributed by atoms with Crippen molar-refractivity contribution in [2.75, 3.05) is 20.3 Å². The molecule has 3 heterocycles. The van der Waals surface area contributed by atoms with Crippen LogP contribution in [0.4, 0.5) is 0 Å². The largest absolute Gasteiger partial charge is 0.381 e. The molecule has 0 bridgehead atoms. The number of carbonyl (C=O) groups is 2. The second-order valence-electron chi connectivity index (χ2n) is 7.80. The molecule has 0 radical (unpaired) electrons. The molecule has 29 heavy (non-hydrogen) atoms. The average Bonchev–Trinajstić information content (AvgIpc) is 3.26. The van der Waals surface area contributed by atoms with E-state index in [9.17, 15) is 9.59 Å². The fraction of sp³-hybridized carbons (Fsp3) is 0.381. The number of fused-ring (bicyclic) bond motifs is 2. The van der Waals surface area contributed by atoms with Gasteiger partial charge in [-0.05, 0) is 36.1 Å². The van der Waals surface area contributed by atoms with Gasteiger partial charge in [0.05, 0.1) is 19.3 Å². The van der Waals surface area contributed by atoms with Crippen LogP contribution in [0, 0.1) is 11.8 Å². The SMILES string of the molecule is CNC(=O)c1cc(C(=O)N[C@H]2[C@@H]3COC[C@@H]32)n(C(C)c2ccc3[nH]ccc3c2)n1. The molecule has 3 aromatic rings. The third kappa shape index (κ3) is 3.00. The Kier molecular flexibility index (Phi) is 4.16. The van der Waals surface area contributed by atoms with Crippen molar-refractivity contribution in [2.45, 2.75) is 19.0 Å². The summed E-state index contributed by atoms with van der Waals surface area (Å²) in [5.74, 6) is 0.286. The average molecular weight is 393 g/mol. The van der Waals surface area contributed by atoms with E-state index in [1.165, 1.54) is 0 Å². The van der Waals surface area contributed by atoms with Gasteiger partial charge in [0, 0.05) is 42.7 Å². The maximum Gasteiger partial charge on any atom is 0.271 e. The number of amides is 2. The Balaban J connectivity index is 1.47. The van der Waals surface area contributed by atoms with Crippen molar-refractivity contribution in [1.82, 2.24) is 25.4 Å². The predicted octanol–water partition coefficient (Wildman–Crippen LogP) is 1.71. The third-order valence-corrected chi connectivity index (χ3v) is 6.10. The van der Waals surface area contributed by atoms with E-state index < -0.39 is 0 Å². The van der Waals surface area contributed by atoms with Crippen LogP contribution in [0.5, 0.6) is 0 Å². The van der Waals surface area contributed by atoms with Crippen LogP contribution in [0.15, 0.2) is 36.5 Å². The molecule has 2 aromatic heterocycles. The van der Waals surface area contributed by atoms with E-state index in [-0.39, 0.29) is 29.6 Å². The lowest BCUT2D eigenvalue weighted by atomic mass is 10.1. The molecule has 2 fully saturated rings. The van der Waals surface area contributed by atoms with Gasteiger partial charge in [0.2, 0.25) is 0 Å². The molecule has 8 heteroatoms. The lowest BCUT2D eigenvalue weighted by Crippen LogP contribution is -2.32. The van der Waals surface area contributed by atoms with Gasteiger partial charge in [-0.2, -0.15) is 5.10 Å².